The van der Waals surface area contributed by atoms with Crippen molar-refractivity contribution in [3.63, 3.8) is 0 Å². The summed E-state index contributed by atoms with van der Waals surface area (Å²) in [6.07, 6.45) is 0.875. The Labute approximate surface area is 175 Å². The molecule has 2 N–H and O–H groups in total. The molecule has 2 rings (SSSR count). The summed E-state index contributed by atoms with van der Waals surface area (Å²) >= 11 is 11.9. The highest BCUT2D eigenvalue weighted by atomic mass is 35.5. The molecule has 0 heterocycles. The predicted octanol–water partition coefficient (Wildman–Crippen LogP) is 4.34. The number of carbonyl (C=O) groups excluding carboxylic acids is 1. The van der Waals surface area contributed by atoms with Gasteiger partial charge in [0, 0.05) is 17.3 Å². The van der Waals surface area contributed by atoms with Gasteiger partial charge < -0.3 is 10.1 Å². The Morgan fingerprint density at radius 1 is 1.11 bits per heavy atom. The fraction of sp³-hybridized carbons (Fsp3) is 0.316. The minimum absolute atomic E-state index is 0.0267. The maximum absolute atomic E-state index is 12.5. The number of hydrogen-bond acceptors (Lipinski definition) is 4. The van der Waals surface area contributed by atoms with Gasteiger partial charge in [-0.25, -0.2) is 8.42 Å². The molecule has 0 radical (unpaired) electrons. The van der Waals surface area contributed by atoms with Crippen molar-refractivity contribution < 1.29 is 17.9 Å². The van der Waals surface area contributed by atoms with Gasteiger partial charge in [-0.3, -0.25) is 9.52 Å². The van der Waals surface area contributed by atoms with Crippen LogP contribution in [-0.4, -0.2) is 27.5 Å². The Balaban J connectivity index is 1.99. The molecule has 2 aromatic carbocycles. The molecule has 6 nitrogen and oxygen atoms in total. The van der Waals surface area contributed by atoms with E-state index in [1.165, 1.54) is 18.2 Å². The van der Waals surface area contributed by atoms with E-state index in [9.17, 15) is 13.2 Å². The van der Waals surface area contributed by atoms with E-state index in [4.69, 9.17) is 27.9 Å². The summed E-state index contributed by atoms with van der Waals surface area (Å²) in [5, 5.41) is 3.34. The number of benzene rings is 2. The first-order chi connectivity index (χ1) is 13.2. The van der Waals surface area contributed by atoms with Gasteiger partial charge in [-0.2, -0.15) is 0 Å². The molecule has 0 spiro atoms. The minimum Gasteiger partial charge on any atom is -0.482 e. The van der Waals surface area contributed by atoms with Gasteiger partial charge in [-0.15, -0.1) is 0 Å². The fourth-order valence-corrected chi connectivity index (χ4v) is 3.70. The highest BCUT2D eigenvalue weighted by molar-refractivity contribution is 7.92. The number of nitrogens with one attached hydrogen (secondary N) is 2. The maximum atomic E-state index is 12.5. The van der Waals surface area contributed by atoms with Gasteiger partial charge in [0.2, 0.25) is 0 Å². The van der Waals surface area contributed by atoms with E-state index in [-0.39, 0.29) is 28.2 Å². The van der Waals surface area contributed by atoms with E-state index in [1.807, 2.05) is 0 Å². The molecule has 0 atom stereocenters. The van der Waals surface area contributed by atoms with Crippen LogP contribution in [0, 0.1) is 5.92 Å². The van der Waals surface area contributed by atoms with E-state index < -0.39 is 10.0 Å². The topological polar surface area (TPSA) is 84.5 Å². The zero-order chi connectivity index (χ0) is 20.7. The normalized spacial score (nSPS) is 11.3. The average molecular weight is 445 g/mol. The van der Waals surface area contributed by atoms with Crippen LogP contribution in [0.4, 0.5) is 5.69 Å². The number of halogens is 2. The Kier molecular flexibility index (Phi) is 7.98. The van der Waals surface area contributed by atoms with E-state index in [2.05, 4.69) is 23.9 Å². The molecule has 0 saturated carbocycles. The number of anilines is 1. The summed E-state index contributed by atoms with van der Waals surface area (Å²) < 4.78 is 32.8. The van der Waals surface area contributed by atoms with Crippen molar-refractivity contribution in [3.05, 3.63) is 52.5 Å². The highest BCUT2D eigenvalue weighted by Crippen LogP contribution is 2.28. The third kappa shape index (κ3) is 6.89. The van der Waals surface area contributed by atoms with Crippen LogP contribution in [0.1, 0.15) is 20.3 Å². The molecule has 0 aliphatic carbocycles. The molecule has 0 aliphatic heterocycles. The van der Waals surface area contributed by atoms with Crippen LogP contribution in [0.3, 0.4) is 0 Å². The van der Waals surface area contributed by atoms with Crippen molar-refractivity contribution in [1.82, 2.24) is 5.32 Å². The van der Waals surface area contributed by atoms with E-state index in [0.717, 1.165) is 6.42 Å². The maximum Gasteiger partial charge on any atom is 0.261 e. The van der Waals surface area contributed by atoms with Crippen LogP contribution in [0.25, 0.3) is 0 Å². The Hall–Kier alpha value is -1.96. The number of rotatable bonds is 9. The van der Waals surface area contributed by atoms with Crippen LogP contribution in [0.15, 0.2) is 47.4 Å². The van der Waals surface area contributed by atoms with Gasteiger partial charge in [-0.05, 0) is 54.8 Å². The van der Waals surface area contributed by atoms with E-state index in [0.29, 0.717) is 23.2 Å². The standard InChI is InChI=1S/C19H22Cl2N2O4S/c1-13(2)9-10-22-19(24)12-27-18-8-7-16(11-17(18)21)28(25,26)23-15-5-3-14(20)4-6-15/h3-8,11,13,23H,9-10,12H2,1-2H3,(H,22,24). The Morgan fingerprint density at radius 3 is 2.39 bits per heavy atom. The third-order valence-electron chi connectivity index (χ3n) is 3.71. The minimum atomic E-state index is -3.83. The summed E-state index contributed by atoms with van der Waals surface area (Å²) in [6.45, 7) is 4.51. The summed E-state index contributed by atoms with van der Waals surface area (Å²) in [6, 6.07) is 10.3. The first kappa shape index (κ1) is 22.3. The van der Waals surface area contributed by atoms with Crippen LogP contribution in [0.2, 0.25) is 10.0 Å². The fourth-order valence-electron chi connectivity index (χ4n) is 2.19. The molecular weight excluding hydrogens is 423 g/mol. The van der Waals surface area contributed by atoms with Crippen LogP contribution in [0.5, 0.6) is 5.75 Å². The summed E-state index contributed by atoms with van der Waals surface area (Å²) in [5.41, 5.74) is 0.374. The zero-order valence-corrected chi connectivity index (χ0v) is 17.9. The van der Waals surface area contributed by atoms with Crippen molar-refractivity contribution in [1.29, 1.82) is 0 Å². The summed E-state index contributed by atoms with van der Waals surface area (Å²) in [7, 11) is -3.83. The lowest BCUT2D eigenvalue weighted by Gasteiger charge is -2.12. The quantitative estimate of drug-likeness (QED) is 0.602. The zero-order valence-electron chi connectivity index (χ0n) is 15.5. The van der Waals surface area contributed by atoms with Crippen LogP contribution >= 0.6 is 23.2 Å². The molecule has 0 fully saturated rings. The number of hydrogen-bond donors (Lipinski definition) is 2. The highest BCUT2D eigenvalue weighted by Gasteiger charge is 2.17. The van der Waals surface area contributed by atoms with Gasteiger partial charge in [-0.1, -0.05) is 37.0 Å². The lowest BCUT2D eigenvalue weighted by molar-refractivity contribution is -0.123. The van der Waals surface area contributed by atoms with Gasteiger partial charge in [0.1, 0.15) is 5.75 Å². The van der Waals surface area contributed by atoms with E-state index in [1.54, 1.807) is 24.3 Å². The first-order valence-electron chi connectivity index (χ1n) is 8.65. The summed E-state index contributed by atoms with van der Waals surface area (Å²) in [5.74, 6) is 0.454. The molecule has 9 heteroatoms. The molecule has 1 amide bonds. The van der Waals surface area contributed by atoms with Gasteiger partial charge >= 0.3 is 0 Å². The molecule has 2 aromatic rings. The molecule has 0 unspecified atom stereocenters. The lowest BCUT2D eigenvalue weighted by Crippen LogP contribution is -2.30. The molecule has 28 heavy (non-hydrogen) atoms. The second-order valence-corrected chi connectivity index (χ2v) is 9.05. The smallest absolute Gasteiger partial charge is 0.261 e. The number of carbonyl (C=O) groups is 1. The lowest BCUT2D eigenvalue weighted by atomic mass is 10.1. The number of amides is 1. The van der Waals surface area contributed by atoms with Crippen LogP contribution in [-0.2, 0) is 14.8 Å². The van der Waals surface area contributed by atoms with Crippen molar-refractivity contribution in [2.24, 2.45) is 5.92 Å². The largest absolute Gasteiger partial charge is 0.482 e. The van der Waals surface area contributed by atoms with Crippen molar-refractivity contribution in [2.75, 3.05) is 17.9 Å². The Bertz CT molecular complexity index is 916. The second kappa shape index (κ2) is 10.0. The summed E-state index contributed by atoms with van der Waals surface area (Å²) in [4.78, 5) is 11.7. The van der Waals surface area contributed by atoms with Crippen LogP contribution < -0.4 is 14.8 Å². The Morgan fingerprint density at radius 2 is 1.79 bits per heavy atom. The monoisotopic (exact) mass is 444 g/mol. The number of sulfonamides is 1. The second-order valence-electron chi connectivity index (χ2n) is 6.53. The first-order valence-corrected chi connectivity index (χ1v) is 10.9. The van der Waals surface area contributed by atoms with Gasteiger partial charge in [0.15, 0.2) is 6.61 Å². The third-order valence-corrected chi connectivity index (χ3v) is 5.64. The van der Waals surface area contributed by atoms with Crippen molar-refractivity contribution in [3.8, 4) is 5.75 Å². The molecule has 0 aliphatic rings. The molecule has 0 bridgehead atoms. The molecular formula is C19H22Cl2N2O4S. The predicted molar refractivity (Wildman–Crippen MR) is 112 cm³/mol. The van der Waals surface area contributed by atoms with Crippen molar-refractivity contribution in [2.45, 2.75) is 25.2 Å². The molecule has 0 aromatic heterocycles. The van der Waals surface area contributed by atoms with Gasteiger partial charge in [0.25, 0.3) is 15.9 Å². The molecule has 0 saturated heterocycles. The van der Waals surface area contributed by atoms with E-state index >= 15 is 0 Å². The number of ether oxygens (including phenoxy) is 1. The SMILES string of the molecule is CC(C)CCNC(=O)COc1ccc(S(=O)(=O)Nc2ccc(Cl)cc2)cc1Cl. The van der Waals surface area contributed by atoms with Crippen molar-refractivity contribution >= 4 is 44.8 Å². The van der Waals surface area contributed by atoms with Gasteiger partial charge in [0.05, 0.1) is 9.92 Å². The molecule has 152 valence electrons. The average Bonchev–Trinajstić information content (AvgIpc) is 2.62.